The van der Waals surface area contributed by atoms with Crippen molar-refractivity contribution >= 4 is 5.97 Å². The topological polar surface area (TPSA) is 57.5 Å². The highest BCUT2D eigenvalue weighted by molar-refractivity contribution is 5.78. The predicted molar refractivity (Wildman–Crippen MR) is 103 cm³/mol. The molecule has 0 saturated carbocycles. The van der Waals surface area contributed by atoms with Crippen molar-refractivity contribution in [1.29, 1.82) is 0 Å². The molecule has 0 aromatic heterocycles. The first-order valence-electron chi connectivity index (χ1n) is 10.4. The molecule has 0 heterocycles. The van der Waals surface area contributed by atoms with Gasteiger partial charge in [-0.3, -0.25) is 0 Å². The average molecular weight is 395 g/mol. The second kappa shape index (κ2) is 14.9. The number of hydrogen-bond acceptors (Lipinski definition) is 2. The summed E-state index contributed by atoms with van der Waals surface area (Å²) in [5, 5.41) is 17.9. The summed E-state index contributed by atoms with van der Waals surface area (Å²) in [4.78, 5) is 10.7. The third kappa shape index (κ3) is 12.1. The van der Waals surface area contributed by atoms with Crippen molar-refractivity contribution in [3.05, 3.63) is 12.2 Å². The van der Waals surface area contributed by atoms with Crippen LogP contribution in [0.25, 0.3) is 0 Å². The lowest BCUT2D eigenvalue weighted by Crippen LogP contribution is -2.51. The van der Waals surface area contributed by atoms with Crippen molar-refractivity contribution in [3.8, 4) is 0 Å². The number of rotatable bonds is 17. The molecule has 0 fully saturated rings. The highest BCUT2D eigenvalue weighted by Crippen LogP contribution is 2.33. The smallest absolute Gasteiger partial charge is 0.428 e. The molecule has 0 bridgehead atoms. The van der Waals surface area contributed by atoms with E-state index < -0.39 is 24.2 Å². The van der Waals surface area contributed by atoms with Crippen LogP contribution in [-0.4, -0.2) is 28.0 Å². The van der Waals surface area contributed by atoms with Crippen molar-refractivity contribution in [2.45, 2.75) is 115 Å². The summed E-state index contributed by atoms with van der Waals surface area (Å²) < 4.78 is 37.8. The van der Waals surface area contributed by atoms with Gasteiger partial charge >= 0.3 is 12.1 Å². The number of halogens is 3. The number of carbonyl (C=O) groups is 1. The Labute approximate surface area is 162 Å². The predicted octanol–water partition coefficient (Wildman–Crippen LogP) is 6.79. The van der Waals surface area contributed by atoms with Gasteiger partial charge in [-0.25, -0.2) is 4.79 Å². The molecule has 0 amide bonds. The minimum absolute atomic E-state index is 0.602. The molecule has 0 aliphatic carbocycles. The van der Waals surface area contributed by atoms with E-state index in [0.29, 0.717) is 6.42 Å². The van der Waals surface area contributed by atoms with Crippen LogP contribution in [0, 0.1) is 0 Å². The van der Waals surface area contributed by atoms with Gasteiger partial charge < -0.3 is 10.2 Å². The van der Waals surface area contributed by atoms with Crippen molar-refractivity contribution in [2.75, 3.05) is 0 Å². The number of aliphatic carboxylic acids is 1. The Kier molecular flexibility index (Phi) is 14.4. The van der Waals surface area contributed by atoms with E-state index >= 15 is 0 Å². The van der Waals surface area contributed by atoms with Gasteiger partial charge in [0.15, 0.2) is 0 Å². The summed E-state index contributed by atoms with van der Waals surface area (Å²) in [5.41, 5.74) is -3.69. The van der Waals surface area contributed by atoms with Gasteiger partial charge in [-0.05, 0) is 12.8 Å². The lowest BCUT2D eigenvalue weighted by Gasteiger charge is -2.24. The number of carboxylic acid groups (broad SMARTS) is 1. The lowest BCUT2D eigenvalue weighted by atomic mass is 9.98. The Hall–Kier alpha value is -1.04. The van der Waals surface area contributed by atoms with Crippen LogP contribution in [0.3, 0.4) is 0 Å². The Morgan fingerprint density at radius 2 is 1.19 bits per heavy atom. The van der Waals surface area contributed by atoms with Gasteiger partial charge in [-0.2, -0.15) is 13.2 Å². The summed E-state index contributed by atoms with van der Waals surface area (Å²) in [6.07, 6.45) is 13.1. The molecule has 2 N–H and O–H groups in total. The van der Waals surface area contributed by atoms with E-state index in [1.165, 1.54) is 70.3 Å². The van der Waals surface area contributed by atoms with E-state index in [-0.39, 0.29) is 0 Å². The number of alkyl halides is 3. The summed E-state index contributed by atoms with van der Waals surface area (Å²) >= 11 is 0. The molecule has 0 aliphatic heterocycles. The summed E-state index contributed by atoms with van der Waals surface area (Å²) in [6.45, 7) is 2.23. The Morgan fingerprint density at radius 1 is 0.778 bits per heavy atom. The quantitative estimate of drug-likeness (QED) is 0.211. The molecule has 0 radical (unpaired) electrons. The van der Waals surface area contributed by atoms with Gasteiger partial charge in [0.2, 0.25) is 0 Å². The largest absolute Gasteiger partial charge is 0.479 e. The summed E-state index contributed by atoms with van der Waals surface area (Å²) in [5.74, 6) is -2.26. The van der Waals surface area contributed by atoms with E-state index in [4.69, 9.17) is 5.11 Å². The van der Waals surface area contributed by atoms with Crippen LogP contribution < -0.4 is 0 Å². The Balaban J connectivity index is 3.56. The van der Waals surface area contributed by atoms with E-state index in [0.717, 1.165) is 25.3 Å². The summed E-state index contributed by atoms with van der Waals surface area (Å²) in [6, 6.07) is 0. The fourth-order valence-electron chi connectivity index (χ4n) is 2.98. The molecular formula is C21H37F3O3. The number of hydrogen-bond donors (Lipinski definition) is 2. The molecule has 6 heteroatoms. The molecule has 1 unspecified atom stereocenters. The first kappa shape index (κ1) is 26.0. The lowest BCUT2D eigenvalue weighted by molar-refractivity contribution is -0.258. The molecule has 0 rings (SSSR count). The maximum atomic E-state index is 12.6. The second-order valence-electron chi connectivity index (χ2n) is 7.37. The van der Waals surface area contributed by atoms with Crippen LogP contribution >= 0.6 is 0 Å². The Bertz CT molecular complexity index is 408. The normalized spacial score (nSPS) is 14.6. The van der Waals surface area contributed by atoms with Gasteiger partial charge in [-0.15, -0.1) is 0 Å². The van der Waals surface area contributed by atoms with Gasteiger partial charge in [0.25, 0.3) is 5.60 Å². The zero-order valence-corrected chi connectivity index (χ0v) is 16.7. The molecule has 0 spiro atoms. The van der Waals surface area contributed by atoms with Crippen molar-refractivity contribution in [3.63, 3.8) is 0 Å². The summed E-state index contributed by atoms with van der Waals surface area (Å²) in [7, 11) is 0. The fourth-order valence-corrected chi connectivity index (χ4v) is 2.98. The van der Waals surface area contributed by atoms with Crippen molar-refractivity contribution < 1.29 is 28.2 Å². The molecular weight excluding hydrogens is 357 g/mol. The molecule has 1 atom stereocenters. The third-order valence-electron chi connectivity index (χ3n) is 4.88. The van der Waals surface area contributed by atoms with Gasteiger partial charge in [-0.1, -0.05) is 96.1 Å². The van der Waals surface area contributed by atoms with Crippen LogP contribution in [0.4, 0.5) is 13.2 Å². The van der Waals surface area contributed by atoms with Crippen LogP contribution in [0.5, 0.6) is 0 Å². The SMILES string of the molecule is CCCCCCCCCCCCCCC/C=C\CC(O)(C(=O)O)C(F)(F)F. The third-order valence-corrected chi connectivity index (χ3v) is 4.88. The van der Waals surface area contributed by atoms with Gasteiger partial charge in [0.1, 0.15) is 0 Å². The number of allylic oxidation sites excluding steroid dienone is 1. The molecule has 0 aliphatic rings. The van der Waals surface area contributed by atoms with E-state index in [9.17, 15) is 23.1 Å². The zero-order chi connectivity index (χ0) is 20.6. The van der Waals surface area contributed by atoms with Crippen LogP contribution in [0.2, 0.25) is 0 Å². The monoisotopic (exact) mass is 394 g/mol. The van der Waals surface area contributed by atoms with Crippen LogP contribution in [-0.2, 0) is 4.79 Å². The first-order chi connectivity index (χ1) is 12.8. The highest BCUT2D eigenvalue weighted by atomic mass is 19.4. The van der Waals surface area contributed by atoms with Gasteiger partial charge in [0.05, 0.1) is 0 Å². The maximum Gasteiger partial charge on any atom is 0.428 e. The molecule has 0 aromatic carbocycles. The molecule has 0 aromatic rings. The fraction of sp³-hybridized carbons (Fsp3) is 0.857. The zero-order valence-electron chi connectivity index (χ0n) is 16.7. The Morgan fingerprint density at radius 3 is 1.56 bits per heavy atom. The van der Waals surface area contributed by atoms with E-state index in [2.05, 4.69) is 6.92 Å². The minimum atomic E-state index is -5.18. The number of aliphatic hydroxyl groups is 1. The van der Waals surface area contributed by atoms with Crippen LogP contribution in [0.1, 0.15) is 103 Å². The highest BCUT2D eigenvalue weighted by Gasteiger charge is 2.59. The standard InChI is InChI=1S/C21H37F3O3/c1-2-3-4-5-6-7-8-9-10-11-12-13-14-15-16-17-18-20(27,19(25)26)21(22,23)24/h16-17,27H,2-15,18H2,1H3,(H,25,26)/b17-16-. The maximum absolute atomic E-state index is 12.6. The van der Waals surface area contributed by atoms with Crippen molar-refractivity contribution in [1.82, 2.24) is 0 Å². The second-order valence-corrected chi connectivity index (χ2v) is 7.37. The number of carboxylic acids is 1. The van der Waals surface area contributed by atoms with Gasteiger partial charge in [0, 0.05) is 6.42 Å². The van der Waals surface area contributed by atoms with Crippen molar-refractivity contribution in [2.24, 2.45) is 0 Å². The first-order valence-corrected chi connectivity index (χ1v) is 10.4. The van der Waals surface area contributed by atoms with E-state index in [1.54, 1.807) is 0 Å². The van der Waals surface area contributed by atoms with E-state index in [1.807, 2.05) is 0 Å². The number of unbranched alkanes of at least 4 members (excludes halogenated alkanes) is 13. The molecule has 160 valence electrons. The molecule has 27 heavy (non-hydrogen) atoms. The van der Waals surface area contributed by atoms with Crippen LogP contribution in [0.15, 0.2) is 12.2 Å². The molecule has 3 nitrogen and oxygen atoms in total. The molecule has 0 saturated heterocycles. The minimum Gasteiger partial charge on any atom is -0.479 e. The average Bonchev–Trinajstić information content (AvgIpc) is 2.60.